The van der Waals surface area contributed by atoms with Crippen LogP contribution in [0, 0.1) is 5.92 Å². The Kier molecular flexibility index (Phi) is 6.94. The first-order chi connectivity index (χ1) is 14.8. The van der Waals surface area contributed by atoms with Gasteiger partial charge in [-0.1, -0.05) is 31.0 Å². The minimum atomic E-state index is -0.976. The summed E-state index contributed by atoms with van der Waals surface area (Å²) in [6.07, 6.45) is 2.99. The molecule has 31 heavy (non-hydrogen) atoms. The van der Waals surface area contributed by atoms with Gasteiger partial charge < -0.3 is 26.7 Å². The lowest BCUT2D eigenvalue weighted by Crippen LogP contribution is -2.53. The zero-order chi connectivity index (χ0) is 22.5. The Morgan fingerprint density at radius 1 is 1.13 bits per heavy atom. The molecule has 1 aliphatic carbocycles. The van der Waals surface area contributed by atoms with Crippen LogP contribution in [0.3, 0.4) is 0 Å². The van der Waals surface area contributed by atoms with Crippen molar-refractivity contribution in [1.29, 1.82) is 0 Å². The summed E-state index contributed by atoms with van der Waals surface area (Å²) >= 11 is 0. The molecule has 3 rings (SSSR count). The molecule has 0 radical (unpaired) electrons. The summed E-state index contributed by atoms with van der Waals surface area (Å²) in [5.74, 6) is -2.37. The molecule has 166 valence electrons. The van der Waals surface area contributed by atoms with Gasteiger partial charge in [-0.15, -0.1) is 0 Å². The van der Waals surface area contributed by atoms with Crippen LogP contribution in [0.25, 0.3) is 10.9 Å². The maximum atomic E-state index is 13.0. The molecule has 3 atom stereocenters. The highest BCUT2D eigenvalue weighted by Gasteiger charge is 2.34. The lowest BCUT2D eigenvalue weighted by molar-refractivity contribution is -0.131. The van der Waals surface area contributed by atoms with Gasteiger partial charge in [0.1, 0.15) is 11.7 Å². The van der Waals surface area contributed by atoms with Crippen LogP contribution in [0.1, 0.15) is 49.0 Å². The predicted octanol–water partition coefficient (Wildman–Crippen LogP) is 0.703. The Bertz CT molecular complexity index is 999. The number of carbonyl (C=O) groups excluding carboxylic acids is 4. The summed E-state index contributed by atoms with van der Waals surface area (Å²) in [7, 11) is 1.83. The molecule has 0 aliphatic heterocycles. The number of rotatable bonds is 8. The van der Waals surface area contributed by atoms with Crippen molar-refractivity contribution in [2.75, 3.05) is 0 Å². The lowest BCUT2D eigenvalue weighted by atomic mass is 9.83. The molecule has 1 aliphatic rings. The van der Waals surface area contributed by atoms with Gasteiger partial charge in [0, 0.05) is 30.4 Å². The Labute approximate surface area is 180 Å². The third-order valence-corrected chi connectivity index (χ3v) is 5.94. The maximum Gasteiger partial charge on any atom is 0.268 e. The van der Waals surface area contributed by atoms with Crippen LogP contribution in [0.5, 0.6) is 0 Å². The summed E-state index contributed by atoms with van der Waals surface area (Å²) in [4.78, 5) is 48.6. The molecule has 9 nitrogen and oxygen atoms in total. The average molecular weight is 428 g/mol. The first-order valence-corrected chi connectivity index (χ1v) is 10.5. The Morgan fingerprint density at radius 3 is 2.52 bits per heavy atom. The summed E-state index contributed by atoms with van der Waals surface area (Å²) in [5.41, 5.74) is 12.0. The Morgan fingerprint density at radius 2 is 1.84 bits per heavy atom. The highest BCUT2D eigenvalue weighted by molar-refractivity contribution is 5.99. The van der Waals surface area contributed by atoms with Crippen molar-refractivity contribution in [1.82, 2.24) is 15.2 Å². The van der Waals surface area contributed by atoms with Crippen LogP contribution >= 0.6 is 0 Å². The molecule has 2 aromatic rings. The summed E-state index contributed by atoms with van der Waals surface area (Å²) in [5, 5.41) is 6.61. The number of nitrogens with zero attached hydrogens (tertiary/aromatic N) is 1. The van der Waals surface area contributed by atoms with E-state index in [2.05, 4.69) is 10.6 Å². The monoisotopic (exact) mass is 427 g/mol. The molecule has 1 aromatic heterocycles. The number of nitrogens with one attached hydrogen (secondary N) is 2. The van der Waals surface area contributed by atoms with E-state index in [1.165, 1.54) is 0 Å². The molecule has 1 aromatic carbocycles. The fourth-order valence-electron chi connectivity index (χ4n) is 4.22. The van der Waals surface area contributed by atoms with Crippen molar-refractivity contribution in [3.8, 4) is 0 Å². The first-order valence-electron chi connectivity index (χ1n) is 10.5. The number of primary amides is 2. The van der Waals surface area contributed by atoms with Crippen molar-refractivity contribution in [2.24, 2.45) is 24.4 Å². The number of aryl methyl sites for hydroxylation is 1. The Balaban J connectivity index is 1.71. The first kappa shape index (κ1) is 22.3. The van der Waals surface area contributed by atoms with E-state index in [0.29, 0.717) is 18.5 Å². The highest BCUT2D eigenvalue weighted by atomic mass is 16.2. The fraction of sp³-hybridized carbons (Fsp3) is 0.455. The second-order valence-corrected chi connectivity index (χ2v) is 8.09. The second kappa shape index (κ2) is 9.63. The Hall–Kier alpha value is -3.36. The van der Waals surface area contributed by atoms with Gasteiger partial charge in [-0.25, -0.2) is 0 Å². The van der Waals surface area contributed by atoms with Crippen LogP contribution in [0.15, 0.2) is 30.3 Å². The number of hydrogen-bond donors (Lipinski definition) is 4. The molecule has 0 spiro atoms. The molecular formula is C22H29N5O4. The number of carbonyl (C=O) groups is 4. The van der Waals surface area contributed by atoms with E-state index in [-0.39, 0.29) is 30.7 Å². The zero-order valence-corrected chi connectivity index (χ0v) is 17.6. The van der Waals surface area contributed by atoms with Gasteiger partial charge in [0.05, 0.1) is 5.92 Å². The van der Waals surface area contributed by atoms with E-state index >= 15 is 0 Å². The van der Waals surface area contributed by atoms with Gasteiger partial charge in [-0.2, -0.15) is 0 Å². The van der Waals surface area contributed by atoms with Gasteiger partial charge in [0.15, 0.2) is 0 Å². The molecule has 6 N–H and O–H groups in total. The van der Waals surface area contributed by atoms with Crippen LogP contribution in [0.4, 0.5) is 0 Å². The normalized spacial score (nSPS) is 19.5. The van der Waals surface area contributed by atoms with Crippen LogP contribution in [-0.2, 0) is 21.4 Å². The number of fused-ring (bicyclic) bond motifs is 1. The van der Waals surface area contributed by atoms with Crippen molar-refractivity contribution >= 4 is 34.5 Å². The summed E-state index contributed by atoms with van der Waals surface area (Å²) in [6.45, 7) is 0. The number of nitrogens with two attached hydrogens (primary N) is 2. The molecule has 0 saturated heterocycles. The summed E-state index contributed by atoms with van der Waals surface area (Å²) in [6, 6.07) is 8.21. The van der Waals surface area contributed by atoms with Crippen LogP contribution in [0.2, 0.25) is 0 Å². The largest absolute Gasteiger partial charge is 0.370 e. The van der Waals surface area contributed by atoms with E-state index in [9.17, 15) is 19.2 Å². The SMILES string of the molecule is Cn1c(C(=O)NC2CCCCC2C(=O)NC(CCC(N)=O)C(N)=O)cc2ccccc21. The van der Waals surface area contributed by atoms with Gasteiger partial charge in [-0.3, -0.25) is 19.2 Å². The molecule has 9 heteroatoms. The van der Waals surface area contributed by atoms with Crippen LogP contribution < -0.4 is 22.1 Å². The fourth-order valence-corrected chi connectivity index (χ4v) is 4.22. The maximum absolute atomic E-state index is 13.0. The number of hydrogen-bond acceptors (Lipinski definition) is 4. The van der Waals surface area contributed by atoms with Crippen molar-refractivity contribution in [3.05, 3.63) is 36.0 Å². The van der Waals surface area contributed by atoms with Crippen molar-refractivity contribution in [3.63, 3.8) is 0 Å². The minimum Gasteiger partial charge on any atom is -0.370 e. The highest BCUT2D eigenvalue weighted by Crippen LogP contribution is 2.26. The van der Waals surface area contributed by atoms with Gasteiger partial charge in [0.2, 0.25) is 17.7 Å². The molecule has 1 heterocycles. The molecule has 1 saturated carbocycles. The molecule has 0 bridgehead atoms. The average Bonchev–Trinajstić information content (AvgIpc) is 3.08. The van der Waals surface area contributed by atoms with Gasteiger partial charge in [-0.05, 0) is 31.4 Å². The van der Waals surface area contributed by atoms with E-state index in [4.69, 9.17) is 11.5 Å². The number of benzene rings is 1. The third kappa shape index (κ3) is 5.22. The predicted molar refractivity (Wildman–Crippen MR) is 116 cm³/mol. The van der Waals surface area contributed by atoms with E-state index in [1.807, 2.05) is 41.9 Å². The molecule has 3 unspecified atom stereocenters. The van der Waals surface area contributed by atoms with Crippen molar-refractivity contribution in [2.45, 2.75) is 50.6 Å². The third-order valence-electron chi connectivity index (χ3n) is 5.94. The van der Waals surface area contributed by atoms with E-state index < -0.39 is 23.8 Å². The topological polar surface area (TPSA) is 149 Å². The number of para-hydroxylation sites is 1. The van der Waals surface area contributed by atoms with Gasteiger partial charge >= 0.3 is 0 Å². The minimum absolute atomic E-state index is 0.0517. The number of aromatic nitrogens is 1. The van der Waals surface area contributed by atoms with Crippen LogP contribution in [-0.4, -0.2) is 40.3 Å². The second-order valence-electron chi connectivity index (χ2n) is 8.09. The molecule has 1 fully saturated rings. The summed E-state index contributed by atoms with van der Waals surface area (Å²) < 4.78 is 1.83. The standard InChI is InChI=1S/C22H29N5O4/c1-27-17-9-5-2-6-13(17)12-18(27)22(31)25-15-8-4-3-7-14(15)21(30)26-16(20(24)29)10-11-19(23)28/h2,5-6,9,12,14-16H,3-4,7-8,10-11H2,1H3,(H2,23,28)(H2,24,29)(H,25,31)(H,26,30). The van der Waals surface area contributed by atoms with E-state index in [1.54, 1.807) is 0 Å². The molecular weight excluding hydrogens is 398 g/mol. The smallest absolute Gasteiger partial charge is 0.268 e. The van der Waals surface area contributed by atoms with Crippen molar-refractivity contribution < 1.29 is 19.2 Å². The van der Waals surface area contributed by atoms with Gasteiger partial charge in [0.25, 0.3) is 5.91 Å². The van der Waals surface area contributed by atoms with E-state index in [0.717, 1.165) is 23.7 Å². The quantitative estimate of drug-likeness (QED) is 0.490. The number of amides is 4. The zero-order valence-electron chi connectivity index (χ0n) is 17.6. The molecule has 4 amide bonds. The lowest BCUT2D eigenvalue weighted by Gasteiger charge is -2.32.